The molecule has 2 aromatic carbocycles. The highest BCUT2D eigenvalue weighted by Crippen LogP contribution is 2.25. The number of pyridine rings is 1. The van der Waals surface area contributed by atoms with Crippen LogP contribution in [-0.2, 0) is 0 Å². The van der Waals surface area contributed by atoms with Gasteiger partial charge < -0.3 is 5.73 Å². The minimum atomic E-state index is 0.697. The van der Waals surface area contributed by atoms with Gasteiger partial charge in [-0.3, -0.25) is 0 Å². The van der Waals surface area contributed by atoms with Gasteiger partial charge in [-0.05, 0) is 30.3 Å². The number of anilines is 1. The Balaban J connectivity index is 2.49. The van der Waals surface area contributed by atoms with Gasteiger partial charge in [0.2, 0.25) is 0 Å². The predicted octanol–water partition coefficient (Wildman–Crippen LogP) is 3.62. The Morgan fingerprint density at radius 2 is 1.88 bits per heavy atom. The van der Waals surface area contributed by atoms with E-state index in [1.54, 1.807) is 0 Å². The van der Waals surface area contributed by atoms with Crippen molar-refractivity contribution in [3.05, 3.63) is 47.5 Å². The second-order valence-corrected chi connectivity index (χ2v) is 4.18. The number of hydrogen-bond acceptors (Lipinski definition) is 2. The SMILES string of the molecule is Nc1cccc2nc3cc(Cl)ccc3cc12. The summed E-state index contributed by atoms with van der Waals surface area (Å²) < 4.78 is 0. The smallest absolute Gasteiger partial charge is 0.0730 e. The minimum Gasteiger partial charge on any atom is -0.398 e. The molecule has 0 amide bonds. The van der Waals surface area contributed by atoms with Crippen LogP contribution in [0, 0.1) is 0 Å². The third-order valence-corrected chi connectivity index (χ3v) is 2.89. The van der Waals surface area contributed by atoms with E-state index in [0.29, 0.717) is 5.02 Å². The second kappa shape index (κ2) is 3.35. The van der Waals surface area contributed by atoms with E-state index in [4.69, 9.17) is 17.3 Å². The molecule has 0 radical (unpaired) electrons. The number of rotatable bonds is 0. The molecule has 3 aromatic rings. The maximum absolute atomic E-state index is 5.94. The van der Waals surface area contributed by atoms with Crippen LogP contribution in [0.15, 0.2) is 42.5 Å². The van der Waals surface area contributed by atoms with Crippen LogP contribution in [0.2, 0.25) is 5.02 Å². The molecule has 1 heterocycles. The molecule has 3 heteroatoms. The molecule has 0 aliphatic carbocycles. The normalized spacial score (nSPS) is 11.1. The standard InChI is InChI=1S/C13H9ClN2/c14-9-5-4-8-6-10-11(15)2-1-3-12(10)16-13(8)7-9/h1-7H,15H2. The van der Waals surface area contributed by atoms with E-state index in [2.05, 4.69) is 4.98 Å². The zero-order valence-corrected chi connectivity index (χ0v) is 9.20. The molecular weight excluding hydrogens is 220 g/mol. The lowest BCUT2D eigenvalue weighted by atomic mass is 10.1. The number of fused-ring (bicyclic) bond motifs is 2. The van der Waals surface area contributed by atoms with Crippen LogP contribution in [0.25, 0.3) is 21.8 Å². The van der Waals surface area contributed by atoms with Crippen molar-refractivity contribution in [1.29, 1.82) is 0 Å². The molecule has 0 aliphatic heterocycles. The molecule has 1 aromatic heterocycles. The van der Waals surface area contributed by atoms with Crippen LogP contribution in [0.5, 0.6) is 0 Å². The van der Waals surface area contributed by atoms with Crippen LogP contribution in [0.3, 0.4) is 0 Å². The van der Waals surface area contributed by atoms with Crippen molar-refractivity contribution in [1.82, 2.24) is 4.98 Å². The molecule has 0 spiro atoms. The molecule has 78 valence electrons. The Labute approximate surface area is 97.7 Å². The van der Waals surface area contributed by atoms with E-state index in [-0.39, 0.29) is 0 Å². The fourth-order valence-electron chi connectivity index (χ4n) is 1.85. The number of aromatic nitrogens is 1. The van der Waals surface area contributed by atoms with E-state index >= 15 is 0 Å². The number of halogens is 1. The summed E-state index contributed by atoms with van der Waals surface area (Å²) in [7, 11) is 0. The molecule has 0 unspecified atom stereocenters. The first-order chi connectivity index (χ1) is 7.74. The van der Waals surface area contributed by atoms with Crippen molar-refractivity contribution in [3.63, 3.8) is 0 Å². The molecule has 0 atom stereocenters. The Morgan fingerprint density at radius 3 is 2.75 bits per heavy atom. The lowest BCUT2D eigenvalue weighted by Gasteiger charge is -2.04. The molecule has 2 N–H and O–H groups in total. The zero-order valence-electron chi connectivity index (χ0n) is 8.44. The van der Waals surface area contributed by atoms with Crippen LogP contribution < -0.4 is 5.73 Å². The number of nitrogens with two attached hydrogens (primary N) is 1. The van der Waals surface area contributed by atoms with E-state index < -0.39 is 0 Å². The van der Waals surface area contributed by atoms with Gasteiger partial charge in [0.25, 0.3) is 0 Å². The minimum absolute atomic E-state index is 0.697. The van der Waals surface area contributed by atoms with E-state index in [9.17, 15) is 0 Å². The fourth-order valence-corrected chi connectivity index (χ4v) is 2.01. The summed E-state index contributed by atoms with van der Waals surface area (Å²) in [5.74, 6) is 0. The Morgan fingerprint density at radius 1 is 1.00 bits per heavy atom. The van der Waals surface area contributed by atoms with E-state index in [1.165, 1.54) is 0 Å². The highest BCUT2D eigenvalue weighted by Gasteiger charge is 2.02. The Hall–Kier alpha value is -1.80. The van der Waals surface area contributed by atoms with Gasteiger partial charge in [0, 0.05) is 21.5 Å². The van der Waals surface area contributed by atoms with Gasteiger partial charge in [0.15, 0.2) is 0 Å². The number of benzene rings is 2. The molecule has 16 heavy (non-hydrogen) atoms. The lowest BCUT2D eigenvalue weighted by molar-refractivity contribution is 1.50. The van der Waals surface area contributed by atoms with E-state index in [0.717, 1.165) is 27.5 Å². The summed E-state index contributed by atoms with van der Waals surface area (Å²) in [4.78, 5) is 4.53. The largest absolute Gasteiger partial charge is 0.398 e. The molecule has 2 nitrogen and oxygen atoms in total. The van der Waals surface area contributed by atoms with Crippen molar-refractivity contribution in [2.75, 3.05) is 5.73 Å². The number of nitrogens with zero attached hydrogens (tertiary/aromatic N) is 1. The van der Waals surface area contributed by atoms with Gasteiger partial charge in [-0.1, -0.05) is 23.7 Å². The first-order valence-electron chi connectivity index (χ1n) is 4.98. The van der Waals surface area contributed by atoms with Gasteiger partial charge in [-0.2, -0.15) is 0 Å². The van der Waals surface area contributed by atoms with Crippen molar-refractivity contribution in [3.8, 4) is 0 Å². The molecule has 0 saturated heterocycles. The van der Waals surface area contributed by atoms with Crippen molar-refractivity contribution in [2.24, 2.45) is 0 Å². The maximum Gasteiger partial charge on any atom is 0.0730 e. The van der Waals surface area contributed by atoms with Crippen LogP contribution in [-0.4, -0.2) is 4.98 Å². The van der Waals surface area contributed by atoms with Crippen LogP contribution in [0.1, 0.15) is 0 Å². The van der Waals surface area contributed by atoms with E-state index in [1.807, 2.05) is 42.5 Å². The number of hydrogen-bond donors (Lipinski definition) is 1. The molecule has 0 saturated carbocycles. The fraction of sp³-hybridized carbons (Fsp3) is 0. The summed E-state index contributed by atoms with van der Waals surface area (Å²) in [6.07, 6.45) is 0. The van der Waals surface area contributed by atoms with Gasteiger partial charge >= 0.3 is 0 Å². The quantitative estimate of drug-likeness (QED) is 0.472. The van der Waals surface area contributed by atoms with Gasteiger partial charge in [0.05, 0.1) is 11.0 Å². The Bertz CT molecular complexity index is 691. The topological polar surface area (TPSA) is 38.9 Å². The number of nitrogen functional groups attached to an aromatic ring is 1. The second-order valence-electron chi connectivity index (χ2n) is 3.74. The summed E-state index contributed by atoms with van der Waals surface area (Å²) in [5, 5.41) is 2.73. The maximum atomic E-state index is 5.94. The van der Waals surface area contributed by atoms with Gasteiger partial charge in [-0.15, -0.1) is 0 Å². The summed E-state index contributed by atoms with van der Waals surface area (Å²) in [6, 6.07) is 13.5. The summed E-state index contributed by atoms with van der Waals surface area (Å²) in [5.41, 5.74) is 8.45. The third-order valence-electron chi connectivity index (χ3n) is 2.65. The average molecular weight is 229 g/mol. The van der Waals surface area contributed by atoms with Gasteiger partial charge in [0.1, 0.15) is 0 Å². The van der Waals surface area contributed by atoms with Crippen LogP contribution >= 0.6 is 11.6 Å². The first kappa shape index (κ1) is 9.43. The molecule has 0 fully saturated rings. The summed E-state index contributed by atoms with van der Waals surface area (Å²) in [6.45, 7) is 0. The molecule has 3 rings (SSSR count). The van der Waals surface area contributed by atoms with Crippen molar-refractivity contribution < 1.29 is 0 Å². The molecule has 0 aliphatic rings. The lowest BCUT2D eigenvalue weighted by Crippen LogP contribution is -1.89. The monoisotopic (exact) mass is 228 g/mol. The molecular formula is C13H9ClN2. The highest BCUT2D eigenvalue weighted by atomic mass is 35.5. The van der Waals surface area contributed by atoms with Gasteiger partial charge in [-0.25, -0.2) is 4.98 Å². The average Bonchev–Trinajstić information content (AvgIpc) is 2.27. The van der Waals surface area contributed by atoms with Crippen LogP contribution in [0.4, 0.5) is 5.69 Å². The predicted molar refractivity (Wildman–Crippen MR) is 68.7 cm³/mol. The van der Waals surface area contributed by atoms with Crippen molar-refractivity contribution >= 4 is 39.1 Å². The first-order valence-corrected chi connectivity index (χ1v) is 5.36. The third kappa shape index (κ3) is 1.39. The van der Waals surface area contributed by atoms with Crippen molar-refractivity contribution in [2.45, 2.75) is 0 Å². The Kier molecular flexibility index (Phi) is 1.98. The summed E-state index contributed by atoms with van der Waals surface area (Å²) >= 11 is 5.94. The molecule has 0 bridgehead atoms. The highest BCUT2D eigenvalue weighted by molar-refractivity contribution is 6.31. The zero-order chi connectivity index (χ0) is 11.1.